The van der Waals surface area contributed by atoms with Crippen molar-refractivity contribution in [1.82, 2.24) is 21.3 Å². The molecule has 0 aliphatic carbocycles. The minimum atomic E-state index is -10.1. The van der Waals surface area contributed by atoms with Crippen molar-refractivity contribution in [2.45, 2.75) is 204 Å². The zero-order valence-electron chi connectivity index (χ0n) is 58.7. The van der Waals surface area contributed by atoms with Crippen LogP contribution in [0.1, 0.15) is 81.1 Å². The van der Waals surface area contributed by atoms with Crippen LogP contribution >= 0.6 is 0 Å². The van der Waals surface area contributed by atoms with Crippen molar-refractivity contribution in [3.05, 3.63) is 0 Å². The van der Waals surface area contributed by atoms with E-state index in [1.165, 1.54) is 103 Å². The van der Waals surface area contributed by atoms with Crippen molar-refractivity contribution < 1.29 is 198 Å². The Kier molecular flexibility index (Phi) is 39.5. The fourth-order valence-corrected chi connectivity index (χ4v) is 18.7. The van der Waals surface area contributed by atoms with Crippen LogP contribution in [0.25, 0.3) is 0 Å². The average Bonchev–Trinajstić information content (AvgIpc) is 0.674. The van der Waals surface area contributed by atoms with Gasteiger partial charge in [-0.15, -0.1) is 0 Å². The molecule has 0 aliphatic heterocycles. The van der Waals surface area contributed by atoms with Crippen LogP contribution in [0.4, 0.5) is 125 Å². The van der Waals surface area contributed by atoms with E-state index < -0.39 is 189 Å². The van der Waals surface area contributed by atoms with Crippen molar-refractivity contribution in [3.8, 4) is 0 Å². The van der Waals surface area contributed by atoms with E-state index in [9.17, 15) is 19.2 Å². The molecule has 4 amide bonds. The molecule has 0 radical (unpaired) electrons. The van der Waals surface area contributed by atoms with Crippen molar-refractivity contribution in [2.24, 2.45) is 5.41 Å². The van der Waals surface area contributed by atoms with Gasteiger partial charge in [-0.05, 0) is 131 Å². The maximum atomic E-state index is 16.9. The minimum absolute atomic E-state index is 0.0255. The van der Waals surface area contributed by atoms with Gasteiger partial charge in [0.2, 0.25) is 0 Å². The van der Waals surface area contributed by atoms with Crippen LogP contribution in [-0.2, 0) is 73.3 Å². The molecule has 0 bridgehead atoms. The number of nitrogens with one attached hydrogen (secondary N) is 4. The number of alkyl carbamates (subject to hydrolysis) is 4. The normalized spacial score (nSPS) is 14.3. The molecule has 24 nitrogen and oxygen atoms in total. The molecule has 0 aliphatic rings. The molecule has 0 fully saturated rings. The number of halogens is 24. The summed E-state index contributed by atoms with van der Waals surface area (Å²) in [5, 5.41) is 6.15. The van der Waals surface area contributed by atoms with Crippen LogP contribution in [-0.4, -0.2) is 237 Å². The van der Waals surface area contributed by atoms with Gasteiger partial charge < -0.3 is 75.6 Å². The van der Waals surface area contributed by atoms with E-state index in [-0.39, 0.29) is 103 Å². The van der Waals surface area contributed by atoms with Gasteiger partial charge in [0.15, 0.2) is 26.4 Å². The quantitative estimate of drug-likeness (QED) is 0.0191. The highest BCUT2D eigenvalue weighted by molar-refractivity contribution is 6.67. The van der Waals surface area contributed by atoms with Crippen molar-refractivity contribution in [2.75, 3.05) is 105 Å². The van der Waals surface area contributed by atoms with Gasteiger partial charge in [0, 0.05) is 79.0 Å². The Hall–Kier alpha value is -4.21. The summed E-state index contributed by atoms with van der Waals surface area (Å²) in [7, 11) is -12.4. The first kappa shape index (κ1) is 101. The third kappa shape index (κ3) is 29.5. The summed E-state index contributed by atoms with van der Waals surface area (Å²) < 4.78 is 450. The number of amides is 4. The second kappa shape index (κ2) is 41.2. The lowest BCUT2D eigenvalue weighted by molar-refractivity contribution is -0.624. The molecule has 0 aromatic heterocycles. The molecule has 52 heteroatoms. The first-order chi connectivity index (χ1) is 47.7. The first-order valence-electron chi connectivity index (χ1n) is 31.8. The Morgan fingerprint density at radius 2 is 0.400 bits per heavy atom. The number of alkyl halides is 24. The first-order valence-corrected chi connectivity index (χ1v) is 41.9. The number of carbonyl (C=O) groups excluding carboxylic acids is 4. The van der Waals surface area contributed by atoms with Gasteiger partial charge in [0.25, 0.3) is 0 Å². The minimum Gasteiger partial charge on any atom is -0.443 e. The Labute approximate surface area is 591 Å². The number of hydrogen-bond donors (Lipinski definition) is 4. The van der Waals surface area contributed by atoms with E-state index in [1.54, 1.807) is 0 Å². The maximum absolute atomic E-state index is 16.9. The molecular formula is C53H88F24N4O20Si4. The Morgan fingerprint density at radius 1 is 0.257 bits per heavy atom. The third-order valence-electron chi connectivity index (χ3n) is 13.9. The lowest BCUT2D eigenvalue weighted by atomic mass is 9.80. The maximum Gasteiger partial charge on any atom is 0.427 e. The van der Waals surface area contributed by atoms with Crippen molar-refractivity contribution >= 4 is 58.6 Å². The van der Waals surface area contributed by atoms with E-state index in [2.05, 4.69) is 18.9 Å². The smallest absolute Gasteiger partial charge is 0.427 e. The Balaban J connectivity index is 8.62. The summed E-state index contributed by atoms with van der Waals surface area (Å²) in [5.41, 5.74) is -10.1. The van der Waals surface area contributed by atoms with Gasteiger partial charge in [-0.25, -0.2) is 38.1 Å². The lowest BCUT2D eigenvalue weighted by Gasteiger charge is -2.51. The van der Waals surface area contributed by atoms with Crippen LogP contribution in [0.5, 0.6) is 0 Å². The summed E-state index contributed by atoms with van der Waals surface area (Å²) >= 11 is 0. The zero-order chi connectivity index (χ0) is 81.9. The van der Waals surface area contributed by atoms with E-state index in [4.69, 9.17) is 35.4 Å². The summed E-state index contributed by atoms with van der Waals surface area (Å²) in [6.07, 6.45) is -82.3. The highest BCUT2D eigenvalue weighted by atomic mass is 28.4. The number of rotatable bonds is 56. The molecule has 0 rings (SSSR count). The second-order valence-corrected chi connectivity index (χ2v) is 35.9. The standard InChI is InChI=1S/C53H88F24N4O20Si4/c1-13-90-102(9,91-14-2)29-21-25-78-37(82)86-33-41(54,55)46(62,63)98-50(70,71)45(51(72,73)99-47(64,65)42(56,57)34-87-38(83)79-26-22-30-103(10,92-15-3)93-16-4,52(74,75)100-48(66,67)43(58,59)35-88-39(84)80-27-23-31-104(11,94-17-5)95-18-6)53(76,77)101-49(68,69)44(60,61)36-89-40(85)81-28-24-32-105(12,96-19-7)97-20-8/h13-36H2,1-12H3,(H,78,82)(H,79,83)(H,80,84)(H,81,85). The van der Waals surface area contributed by atoms with Gasteiger partial charge >= 0.3 is 137 Å². The monoisotopic (exact) mass is 1670 g/mol. The third-order valence-corrected chi connectivity index (χ3v) is 26.2. The molecule has 4 N–H and O–H groups in total. The van der Waals surface area contributed by atoms with Gasteiger partial charge in [0.05, 0.1) is 0 Å². The van der Waals surface area contributed by atoms with E-state index in [1.807, 2.05) is 18.9 Å². The molecule has 0 unspecified atom stereocenters. The molecule has 105 heavy (non-hydrogen) atoms. The molecule has 624 valence electrons. The van der Waals surface area contributed by atoms with Crippen molar-refractivity contribution in [1.29, 1.82) is 0 Å². The van der Waals surface area contributed by atoms with Crippen LogP contribution in [0.3, 0.4) is 0 Å². The van der Waals surface area contributed by atoms with Gasteiger partial charge in [-0.1, -0.05) is 0 Å². The van der Waals surface area contributed by atoms with Gasteiger partial charge in [-0.3, -0.25) is 0 Å². The molecule has 0 saturated carbocycles. The summed E-state index contributed by atoms with van der Waals surface area (Å²) in [6, 6.07) is -0.410. The summed E-state index contributed by atoms with van der Waals surface area (Å²) in [5.74, 6) is -29.0. The molecular weight excluding hydrogens is 1580 g/mol. The van der Waals surface area contributed by atoms with Crippen LogP contribution < -0.4 is 21.3 Å². The molecule has 0 heterocycles. The predicted molar refractivity (Wildman–Crippen MR) is 321 cm³/mol. The molecule has 0 aromatic rings. The zero-order valence-corrected chi connectivity index (χ0v) is 62.7. The number of carbonyl (C=O) groups is 4. The van der Waals surface area contributed by atoms with Gasteiger partial charge in [-0.2, -0.15) is 105 Å². The van der Waals surface area contributed by atoms with E-state index in [0.717, 1.165) is 0 Å². The summed E-state index contributed by atoms with van der Waals surface area (Å²) in [6.45, 7) is 0.154. The highest BCUT2D eigenvalue weighted by Crippen LogP contribution is 2.70. The SMILES string of the molecule is CCO[Si](C)(CCCNC(=O)OCC(F)(F)C(F)(F)OC(F)(F)C(C(F)(F)OC(F)(F)C(F)(F)COC(=O)NCCC[Si](C)(OCC)OCC)(C(F)(F)OC(F)(F)C(F)(F)COC(=O)NCCC[Si](C)(OCC)OCC)C(F)(F)OC(F)(F)C(F)(F)COC(=O)NCCC[Si](C)(OCC)OCC)OCC. The lowest BCUT2D eigenvalue weighted by Crippen LogP contribution is -2.78. The van der Waals surface area contributed by atoms with E-state index >= 15 is 105 Å². The fraction of sp³-hybridized carbons (Fsp3) is 0.925. The second-order valence-electron chi connectivity index (χ2n) is 22.5. The molecule has 0 atom stereocenters. The largest absolute Gasteiger partial charge is 0.443 e. The fourth-order valence-electron chi connectivity index (χ4n) is 9.02. The van der Waals surface area contributed by atoms with E-state index in [0.29, 0.717) is 0 Å². The topological polar surface area (TPSA) is 264 Å². The molecule has 0 spiro atoms. The molecule has 0 saturated heterocycles. The summed E-state index contributed by atoms with van der Waals surface area (Å²) in [4.78, 5) is 49.2. The van der Waals surface area contributed by atoms with Crippen molar-refractivity contribution in [3.63, 3.8) is 0 Å². The van der Waals surface area contributed by atoms with Crippen LogP contribution in [0.15, 0.2) is 0 Å². The Morgan fingerprint density at radius 3 is 0.533 bits per heavy atom. The predicted octanol–water partition coefficient (Wildman–Crippen LogP) is 14.4. The Bertz CT molecular complexity index is 2270. The van der Waals surface area contributed by atoms with Gasteiger partial charge in [0.1, 0.15) is 0 Å². The number of ether oxygens (including phenoxy) is 8. The van der Waals surface area contributed by atoms with Crippen LogP contribution in [0, 0.1) is 5.41 Å². The molecule has 0 aromatic carbocycles. The van der Waals surface area contributed by atoms with Crippen LogP contribution in [0.2, 0.25) is 50.4 Å². The average molecular weight is 1670 g/mol. The highest BCUT2D eigenvalue weighted by Gasteiger charge is 2.98. The number of hydrogen-bond acceptors (Lipinski definition) is 20.